The third-order valence-electron chi connectivity index (χ3n) is 2.98. The highest BCUT2D eigenvalue weighted by Crippen LogP contribution is 2.25. The van der Waals surface area contributed by atoms with E-state index in [2.05, 4.69) is 0 Å². The molecule has 0 aliphatic heterocycles. The number of thiophene rings is 1. The summed E-state index contributed by atoms with van der Waals surface area (Å²) in [4.78, 5) is 26.7. The van der Waals surface area contributed by atoms with Crippen LogP contribution in [0.3, 0.4) is 0 Å². The number of aryl methyl sites for hydroxylation is 2. The zero-order chi connectivity index (χ0) is 14.8. The molecule has 19 heavy (non-hydrogen) atoms. The first-order chi connectivity index (χ1) is 8.62. The number of hydrogen-bond acceptors (Lipinski definition) is 3. The van der Waals surface area contributed by atoms with Crippen molar-refractivity contribution in [2.45, 2.75) is 46.6 Å². The first-order valence-corrected chi connectivity index (χ1v) is 7.05. The van der Waals surface area contributed by atoms with Gasteiger partial charge in [0.15, 0.2) is 0 Å². The Morgan fingerprint density at radius 3 is 2.26 bits per heavy atom. The van der Waals surface area contributed by atoms with Crippen LogP contribution in [-0.4, -0.2) is 34.0 Å². The van der Waals surface area contributed by atoms with Gasteiger partial charge in [0.25, 0.3) is 5.91 Å². The SMILES string of the molecule is Cc1cc(C(=O)N(CCC(=O)O)C(C)(C)C)sc1C. The molecule has 0 radical (unpaired) electrons. The molecule has 0 saturated heterocycles. The van der Waals surface area contributed by atoms with Crippen molar-refractivity contribution >= 4 is 23.2 Å². The Kier molecular flexibility index (Phi) is 4.74. The highest BCUT2D eigenvalue weighted by atomic mass is 32.1. The second-order valence-electron chi connectivity index (χ2n) is 5.62. The van der Waals surface area contributed by atoms with Crippen molar-refractivity contribution < 1.29 is 14.7 Å². The summed E-state index contributed by atoms with van der Waals surface area (Å²) in [5.41, 5.74) is 0.707. The third-order valence-corrected chi connectivity index (χ3v) is 4.12. The van der Waals surface area contributed by atoms with Crippen molar-refractivity contribution in [3.05, 3.63) is 21.4 Å². The summed E-state index contributed by atoms with van der Waals surface area (Å²) in [6.07, 6.45) is -0.0354. The molecule has 1 rings (SSSR count). The maximum absolute atomic E-state index is 12.5. The van der Waals surface area contributed by atoms with Crippen LogP contribution < -0.4 is 0 Å². The summed E-state index contributed by atoms with van der Waals surface area (Å²) < 4.78 is 0. The van der Waals surface area contributed by atoms with Crippen LogP contribution in [0.15, 0.2) is 6.07 Å². The summed E-state index contributed by atoms with van der Waals surface area (Å²) in [7, 11) is 0. The van der Waals surface area contributed by atoms with Crippen LogP contribution in [0.4, 0.5) is 0 Å². The number of carboxylic acid groups (broad SMARTS) is 1. The second kappa shape index (κ2) is 5.74. The fourth-order valence-corrected chi connectivity index (χ4v) is 2.74. The lowest BCUT2D eigenvalue weighted by Gasteiger charge is -2.35. The molecule has 0 spiro atoms. The van der Waals surface area contributed by atoms with E-state index in [-0.39, 0.29) is 18.9 Å². The molecule has 0 atom stereocenters. The lowest BCUT2D eigenvalue weighted by Crippen LogP contribution is -2.46. The molecule has 0 saturated carbocycles. The Labute approximate surface area is 118 Å². The van der Waals surface area contributed by atoms with E-state index in [9.17, 15) is 9.59 Å². The van der Waals surface area contributed by atoms with Crippen molar-refractivity contribution in [1.29, 1.82) is 0 Å². The molecule has 0 aliphatic carbocycles. The fraction of sp³-hybridized carbons (Fsp3) is 0.571. The van der Waals surface area contributed by atoms with Gasteiger partial charge in [-0.25, -0.2) is 0 Å². The molecule has 0 bridgehead atoms. The summed E-state index contributed by atoms with van der Waals surface area (Å²) in [6, 6.07) is 1.88. The molecular weight excluding hydrogens is 262 g/mol. The maximum Gasteiger partial charge on any atom is 0.305 e. The van der Waals surface area contributed by atoms with E-state index >= 15 is 0 Å². The van der Waals surface area contributed by atoms with E-state index < -0.39 is 11.5 Å². The minimum atomic E-state index is -0.888. The maximum atomic E-state index is 12.5. The number of nitrogens with zero attached hydrogens (tertiary/aromatic N) is 1. The van der Waals surface area contributed by atoms with Gasteiger partial charge >= 0.3 is 5.97 Å². The van der Waals surface area contributed by atoms with Crippen molar-refractivity contribution in [2.24, 2.45) is 0 Å². The Morgan fingerprint density at radius 2 is 1.89 bits per heavy atom. The normalized spacial score (nSPS) is 11.4. The summed E-state index contributed by atoms with van der Waals surface area (Å²) in [6.45, 7) is 9.94. The Hall–Kier alpha value is -1.36. The van der Waals surface area contributed by atoms with Gasteiger partial charge in [-0.05, 0) is 46.2 Å². The van der Waals surface area contributed by atoms with Gasteiger partial charge in [0.1, 0.15) is 0 Å². The minimum Gasteiger partial charge on any atom is -0.481 e. The average molecular weight is 283 g/mol. The molecule has 4 nitrogen and oxygen atoms in total. The van der Waals surface area contributed by atoms with Crippen LogP contribution in [0.25, 0.3) is 0 Å². The zero-order valence-electron chi connectivity index (χ0n) is 12.1. The lowest BCUT2D eigenvalue weighted by atomic mass is 10.0. The van der Waals surface area contributed by atoms with Gasteiger partial charge in [-0.15, -0.1) is 11.3 Å². The highest BCUT2D eigenvalue weighted by Gasteiger charge is 2.28. The van der Waals surface area contributed by atoms with Gasteiger partial charge in [0.2, 0.25) is 0 Å². The first-order valence-electron chi connectivity index (χ1n) is 6.23. The minimum absolute atomic E-state index is 0.0354. The zero-order valence-corrected chi connectivity index (χ0v) is 12.9. The van der Waals surface area contributed by atoms with Crippen LogP contribution in [0, 0.1) is 13.8 Å². The third kappa shape index (κ3) is 4.06. The monoisotopic (exact) mass is 283 g/mol. The van der Waals surface area contributed by atoms with E-state index in [4.69, 9.17) is 5.11 Å². The van der Waals surface area contributed by atoms with E-state index in [0.717, 1.165) is 10.4 Å². The first kappa shape index (κ1) is 15.7. The molecule has 0 aromatic carbocycles. The Morgan fingerprint density at radius 1 is 1.32 bits per heavy atom. The van der Waals surface area contributed by atoms with Crippen LogP contribution in [0.5, 0.6) is 0 Å². The highest BCUT2D eigenvalue weighted by molar-refractivity contribution is 7.14. The van der Waals surface area contributed by atoms with Crippen LogP contribution in [0.2, 0.25) is 0 Å². The van der Waals surface area contributed by atoms with Gasteiger partial charge in [0, 0.05) is 17.0 Å². The quantitative estimate of drug-likeness (QED) is 0.923. The standard InChI is InChI=1S/C14H21NO3S/c1-9-8-11(19-10(9)2)13(18)15(14(3,4)5)7-6-12(16)17/h8H,6-7H2,1-5H3,(H,16,17). The van der Waals surface area contributed by atoms with E-state index in [1.807, 2.05) is 40.7 Å². The second-order valence-corrected chi connectivity index (χ2v) is 6.88. The Bertz CT molecular complexity index is 466. The average Bonchev–Trinajstić information content (AvgIpc) is 2.57. The summed E-state index contributed by atoms with van der Waals surface area (Å²) in [5, 5.41) is 8.79. The van der Waals surface area contributed by atoms with Gasteiger partial charge < -0.3 is 10.0 Å². The predicted octanol–water partition coefficient (Wildman–Crippen LogP) is 3.08. The molecule has 1 N–H and O–H groups in total. The topological polar surface area (TPSA) is 57.6 Å². The number of carbonyl (C=O) groups is 2. The molecule has 1 aromatic rings. The van der Waals surface area contributed by atoms with Crippen molar-refractivity contribution in [1.82, 2.24) is 4.90 Å². The van der Waals surface area contributed by atoms with Crippen LogP contribution in [-0.2, 0) is 4.79 Å². The van der Waals surface area contributed by atoms with E-state index in [1.54, 1.807) is 4.90 Å². The van der Waals surface area contributed by atoms with Crippen molar-refractivity contribution in [3.63, 3.8) is 0 Å². The predicted molar refractivity (Wildman–Crippen MR) is 76.8 cm³/mol. The van der Waals surface area contributed by atoms with Gasteiger partial charge in [-0.3, -0.25) is 9.59 Å². The largest absolute Gasteiger partial charge is 0.481 e. The van der Waals surface area contributed by atoms with Crippen molar-refractivity contribution in [3.8, 4) is 0 Å². The number of carbonyl (C=O) groups excluding carboxylic acids is 1. The molecule has 5 heteroatoms. The van der Waals surface area contributed by atoms with Crippen LogP contribution >= 0.6 is 11.3 Å². The van der Waals surface area contributed by atoms with Crippen molar-refractivity contribution in [2.75, 3.05) is 6.54 Å². The van der Waals surface area contributed by atoms with Gasteiger partial charge in [-0.1, -0.05) is 0 Å². The number of aliphatic carboxylic acids is 1. The lowest BCUT2D eigenvalue weighted by molar-refractivity contribution is -0.137. The number of hydrogen-bond donors (Lipinski definition) is 1. The molecule has 106 valence electrons. The molecule has 1 heterocycles. The molecule has 1 aromatic heterocycles. The Balaban J connectivity index is 2.97. The number of rotatable bonds is 4. The molecule has 0 fully saturated rings. The fourth-order valence-electron chi connectivity index (χ4n) is 1.76. The molecule has 1 amide bonds. The summed E-state index contributed by atoms with van der Waals surface area (Å²) >= 11 is 1.46. The number of carboxylic acids is 1. The molecular formula is C14H21NO3S. The van der Waals surface area contributed by atoms with Gasteiger partial charge in [0.05, 0.1) is 11.3 Å². The number of amides is 1. The van der Waals surface area contributed by atoms with Crippen LogP contribution in [0.1, 0.15) is 47.3 Å². The van der Waals surface area contributed by atoms with Gasteiger partial charge in [-0.2, -0.15) is 0 Å². The molecule has 0 aliphatic rings. The smallest absolute Gasteiger partial charge is 0.305 e. The molecule has 0 unspecified atom stereocenters. The van der Waals surface area contributed by atoms with E-state index in [1.165, 1.54) is 11.3 Å². The summed E-state index contributed by atoms with van der Waals surface area (Å²) in [5.74, 6) is -0.976. The van der Waals surface area contributed by atoms with E-state index in [0.29, 0.717) is 4.88 Å².